The van der Waals surface area contributed by atoms with Crippen LogP contribution in [0.2, 0.25) is 0 Å². The summed E-state index contributed by atoms with van der Waals surface area (Å²) in [5.74, 6) is -1.31. The minimum absolute atomic E-state index is 0.273. The van der Waals surface area contributed by atoms with E-state index in [1.165, 1.54) is 18.3 Å². The lowest BCUT2D eigenvalue weighted by Crippen LogP contribution is -2.46. The first-order chi connectivity index (χ1) is 7.35. The molecule has 1 atom stereocenters. The van der Waals surface area contributed by atoms with Crippen LogP contribution in [-0.2, 0) is 15.0 Å². The Morgan fingerprint density at radius 3 is 2.56 bits per heavy atom. The number of amides is 1. The van der Waals surface area contributed by atoms with Gasteiger partial charge in [0.1, 0.15) is 6.04 Å². The predicted octanol–water partition coefficient (Wildman–Crippen LogP) is 1.61. The van der Waals surface area contributed by atoms with Crippen LogP contribution in [0.15, 0.2) is 17.5 Å². The summed E-state index contributed by atoms with van der Waals surface area (Å²) in [6.07, 6.45) is 0. The topological polar surface area (TPSA) is 66.4 Å². The smallest absolute Gasteiger partial charge is 0.325 e. The van der Waals surface area contributed by atoms with E-state index in [-0.39, 0.29) is 5.91 Å². The molecule has 1 heterocycles. The molecule has 0 fully saturated rings. The Morgan fingerprint density at radius 1 is 1.50 bits per heavy atom. The first-order valence-electron chi connectivity index (χ1n) is 4.93. The fraction of sp³-hybridized carbons (Fsp3) is 0.455. The molecule has 0 saturated heterocycles. The molecule has 1 rings (SSSR count). The Morgan fingerprint density at radius 2 is 2.12 bits per heavy atom. The van der Waals surface area contributed by atoms with E-state index in [0.29, 0.717) is 0 Å². The van der Waals surface area contributed by atoms with E-state index >= 15 is 0 Å². The van der Waals surface area contributed by atoms with Gasteiger partial charge in [-0.15, -0.1) is 11.3 Å². The molecular weight excluding hydrogens is 226 g/mol. The molecule has 0 aliphatic rings. The van der Waals surface area contributed by atoms with E-state index in [4.69, 9.17) is 5.11 Å². The first kappa shape index (κ1) is 12.7. The molecule has 0 aliphatic heterocycles. The van der Waals surface area contributed by atoms with Crippen molar-refractivity contribution in [1.82, 2.24) is 5.32 Å². The number of carbonyl (C=O) groups excluding carboxylic acids is 1. The van der Waals surface area contributed by atoms with Crippen molar-refractivity contribution in [2.24, 2.45) is 0 Å². The molecule has 0 spiro atoms. The molecule has 5 heteroatoms. The highest BCUT2D eigenvalue weighted by atomic mass is 32.1. The summed E-state index contributed by atoms with van der Waals surface area (Å²) >= 11 is 1.49. The maximum absolute atomic E-state index is 11.9. The minimum atomic E-state index is -1.03. The second-order valence-electron chi connectivity index (χ2n) is 4.14. The molecular formula is C11H15NO3S. The molecule has 0 aromatic carbocycles. The van der Waals surface area contributed by atoms with E-state index in [9.17, 15) is 9.59 Å². The molecule has 0 aliphatic carbocycles. The molecule has 16 heavy (non-hydrogen) atoms. The average Bonchev–Trinajstić information content (AvgIpc) is 2.70. The van der Waals surface area contributed by atoms with Crippen molar-refractivity contribution in [2.45, 2.75) is 32.2 Å². The quantitative estimate of drug-likeness (QED) is 0.841. The Hall–Kier alpha value is -1.36. The van der Waals surface area contributed by atoms with Gasteiger partial charge in [0.2, 0.25) is 5.91 Å². The van der Waals surface area contributed by atoms with Gasteiger partial charge >= 0.3 is 5.97 Å². The van der Waals surface area contributed by atoms with Gasteiger partial charge in [-0.25, -0.2) is 0 Å². The van der Waals surface area contributed by atoms with Gasteiger partial charge in [0.05, 0.1) is 5.41 Å². The van der Waals surface area contributed by atoms with Crippen molar-refractivity contribution in [3.63, 3.8) is 0 Å². The van der Waals surface area contributed by atoms with E-state index in [1.807, 2.05) is 17.5 Å². The molecule has 0 saturated carbocycles. The number of hydrogen-bond acceptors (Lipinski definition) is 3. The van der Waals surface area contributed by atoms with Gasteiger partial charge in [0, 0.05) is 4.88 Å². The molecule has 1 amide bonds. The first-order valence-corrected chi connectivity index (χ1v) is 5.81. The summed E-state index contributed by atoms with van der Waals surface area (Å²) in [6, 6.07) is 2.87. The molecule has 0 unspecified atom stereocenters. The zero-order valence-electron chi connectivity index (χ0n) is 9.48. The van der Waals surface area contributed by atoms with Crippen LogP contribution >= 0.6 is 11.3 Å². The van der Waals surface area contributed by atoms with E-state index in [0.717, 1.165) is 4.88 Å². The van der Waals surface area contributed by atoms with Gasteiger partial charge in [0.15, 0.2) is 0 Å². The van der Waals surface area contributed by atoms with Gasteiger partial charge in [-0.3, -0.25) is 9.59 Å². The van der Waals surface area contributed by atoms with E-state index in [2.05, 4.69) is 5.32 Å². The Balaban J connectivity index is 2.77. The lowest BCUT2D eigenvalue weighted by Gasteiger charge is -2.23. The van der Waals surface area contributed by atoms with Gasteiger partial charge in [0.25, 0.3) is 0 Å². The summed E-state index contributed by atoms with van der Waals surface area (Å²) in [4.78, 5) is 23.5. The zero-order valence-corrected chi connectivity index (χ0v) is 10.3. The lowest BCUT2D eigenvalue weighted by atomic mass is 9.90. The molecule has 0 bridgehead atoms. The number of carbonyl (C=O) groups is 2. The minimum Gasteiger partial charge on any atom is -0.480 e. The van der Waals surface area contributed by atoms with Crippen molar-refractivity contribution in [2.75, 3.05) is 0 Å². The van der Waals surface area contributed by atoms with Crippen LogP contribution in [0.1, 0.15) is 25.6 Å². The highest BCUT2D eigenvalue weighted by Gasteiger charge is 2.32. The van der Waals surface area contributed by atoms with E-state index < -0.39 is 17.4 Å². The van der Waals surface area contributed by atoms with Gasteiger partial charge < -0.3 is 10.4 Å². The fourth-order valence-corrected chi connectivity index (χ4v) is 2.03. The van der Waals surface area contributed by atoms with Crippen LogP contribution < -0.4 is 5.32 Å². The van der Waals surface area contributed by atoms with Crippen LogP contribution in [0.3, 0.4) is 0 Å². The maximum atomic E-state index is 11.9. The van der Waals surface area contributed by atoms with Gasteiger partial charge in [-0.1, -0.05) is 6.07 Å². The van der Waals surface area contributed by atoms with Gasteiger partial charge in [-0.05, 0) is 32.2 Å². The number of hydrogen-bond donors (Lipinski definition) is 2. The zero-order chi connectivity index (χ0) is 12.3. The number of nitrogens with one attached hydrogen (secondary N) is 1. The molecule has 1 aromatic rings. The van der Waals surface area contributed by atoms with Crippen LogP contribution in [0.5, 0.6) is 0 Å². The third-order valence-corrected chi connectivity index (χ3v) is 3.62. The third kappa shape index (κ3) is 2.61. The molecule has 88 valence electrons. The second-order valence-corrected chi connectivity index (χ2v) is 5.08. The average molecular weight is 241 g/mol. The molecule has 1 aromatic heterocycles. The van der Waals surface area contributed by atoms with Gasteiger partial charge in [-0.2, -0.15) is 0 Å². The maximum Gasteiger partial charge on any atom is 0.325 e. The van der Waals surface area contributed by atoms with Crippen molar-refractivity contribution in [3.05, 3.63) is 22.4 Å². The summed E-state index contributed by atoms with van der Waals surface area (Å²) in [6.45, 7) is 5.01. The summed E-state index contributed by atoms with van der Waals surface area (Å²) in [5, 5.41) is 13.1. The highest BCUT2D eigenvalue weighted by Crippen LogP contribution is 2.27. The number of carboxylic acids is 1. The summed E-state index contributed by atoms with van der Waals surface area (Å²) < 4.78 is 0. The van der Waals surface area contributed by atoms with Crippen LogP contribution in [-0.4, -0.2) is 23.0 Å². The predicted molar refractivity (Wildman–Crippen MR) is 62.6 cm³/mol. The molecule has 0 radical (unpaired) electrons. The number of rotatable bonds is 4. The SMILES string of the molecule is C[C@H](NC(=O)C(C)(C)c1cccs1)C(=O)O. The van der Waals surface area contributed by atoms with Crippen LogP contribution in [0.4, 0.5) is 0 Å². The fourth-order valence-electron chi connectivity index (χ4n) is 1.18. The number of thiophene rings is 1. The van der Waals surface area contributed by atoms with Crippen LogP contribution in [0, 0.1) is 0 Å². The lowest BCUT2D eigenvalue weighted by molar-refractivity contribution is -0.142. The Bertz CT molecular complexity index is 384. The summed E-state index contributed by atoms with van der Waals surface area (Å²) in [7, 11) is 0. The van der Waals surface area contributed by atoms with Crippen molar-refractivity contribution < 1.29 is 14.7 Å². The Kier molecular flexibility index (Phi) is 3.70. The largest absolute Gasteiger partial charge is 0.480 e. The van der Waals surface area contributed by atoms with Crippen molar-refractivity contribution in [3.8, 4) is 0 Å². The van der Waals surface area contributed by atoms with Crippen molar-refractivity contribution >= 4 is 23.2 Å². The van der Waals surface area contributed by atoms with Crippen molar-refractivity contribution in [1.29, 1.82) is 0 Å². The van der Waals surface area contributed by atoms with E-state index in [1.54, 1.807) is 13.8 Å². The third-order valence-electron chi connectivity index (χ3n) is 2.42. The molecule has 2 N–H and O–H groups in total. The standard InChI is InChI=1S/C11H15NO3S/c1-7(9(13)14)12-10(15)11(2,3)8-5-4-6-16-8/h4-7H,1-3H3,(H,12,15)(H,13,14)/t7-/m0/s1. The monoisotopic (exact) mass is 241 g/mol. The normalized spacial score (nSPS) is 13.2. The number of carboxylic acid groups (broad SMARTS) is 1. The molecule has 4 nitrogen and oxygen atoms in total. The van der Waals surface area contributed by atoms with Crippen LogP contribution in [0.25, 0.3) is 0 Å². The Labute approximate surface area is 98.3 Å². The summed E-state index contributed by atoms with van der Waals surface area (Å²) in [5.41, 5.74) is -0.697. The second kappa shape index (κ2) is 4.65. The highest BCUT2D eigenvalue weighted by molar-refractivity contribution is 7.10. The number of aliphatic carboxylic acids is 1.